The van der Waals surface area contributed by atoms with Crippen LogP contribution >= 0.6 is 0 Å². The van der Waals surface area contributed by atoms with Crippen LogP contribution in [0, 0.1) is 0 Å². The second kappa shape index (κ2) is 9.56. The Morgan fingerprint density at radius 3 is 2.72 bits per heavy atom. The Hall–Kier alpha value is -2.87. The molecule has 1 aliphatic heterocycles. The number of rotatable bonds is 8. The molecule has 8 nitrogen and oxygen atoms in total. The lowest BCUT2D eigenvalue weighted by molar-refractivity contribution is -0.132. The van der Waals surface area contributed by atoms with E-state index in [0.717, 1.165) is 36.7 Å². The van der Waals surface area contributed by atoms with Gasteiger partial charge in [-0.25, -0.2) is 9.97 Å². The number of nitrogens with one attached hydrogen (secondary N) is 1. The van der Waals surface area contributed by atoms with E-state index < -0.39 is 0 Å². The molecule has 1 atom stereocenters. The molecule has 156 valence electrons. The molecule has 1 aromatic carbocycles. The monoisotopic (exact) mass is 399 g/mol. The smallest absolute Gasteiger partial charge is 0.260 e. The highest BCUT2D eigenvalue weighted by Crippen LogP contribution is 2.29. The van der Waals surface area contributed by atoms with Gasteiger partial charge in [-0.2, -0.15) is 0 Å². The van der Waals surface area contributed by atoms with Crippen molar-refractivity contribution in [3.8, 4) is 11.5 Å². The molecule has 0 radical (unpaired) electrons. The zero-order valence-electron chi connectivity index (χ0n) is 17.5. The number of hydrogen-bond acceptors (Lipinski definition) is 7. The fraction of sp³-hybridized carbons (Fsp3) is 0.476. The number of methoxy groups -OCH3 is 1. The van der Waals surface area contributed by atoms with Crippen molar-refractivity contribution in [3.05, 3.63) is 41.9 Å². The molecule has 3 rings (SSSR count). The number of likely N-dealkylation sites (N-methyl/N-ethyl adjacent to an activating group) is 1. The van der Waals surface area contributed by atoms with Gasteiger partial charge in [-0.1, -0.05) is 12.1 Å². The molecular weight excluding hydrogens is 370 g/mol. The summed E-state index contributed by atoms with van der Waals surface area (Å²) < 4.78 is 10.9. The summed E-state index contributed by atoms with van der Waals surface area (Å²) in [6.07, 6.45) is 2.19. The number of amides is 1. The van der Waals surface area contributed by atoms with Gasteiger partial charge in [0.25, 0.3) is 5.91 Å². The number of ether oxygens (including phenoxy) is 2. The highest BCUT2D eigenvalue weighted by atomic mass is 16.5. The highest BCUT2D eigenvalue weighted by molar-refractivity contribution is 5.77. The number of para-hydroxylation sites is 2. The molecular formula is C21H29N5O3. The van der Waals surface area contributed by atoms with Crippen LogP contribution in [-0.2, 0) is 11.3 Å². The van der Waals surface area contributed by atoms with Crippen LogP contribution in [0.2, 0.25) is 0 Å². The van der Waals surface area contributed by atoms with Crippen LogP contribution in [0.4, 0.5) is 5.82 Å². The van der Waals surface area contributed by atoms with Crippen molar-refractivity contribution in [2.24, 2.45) is 0 Å². The van der Waals surface area contributed by atoms with Crippen LogP contribution in [-0.4, -0.2) is 67.1 Å². The molecule has 0 bridgehead atoms. The summed E-state index contributed by atoms with van der Waals surface area (Å²) in [6, 6.07) is 9.37. The number of likely N-dealkylation sites (tertiary alicyclic amines) is 1. The quantitative estimate of drug-likeness (QED) is 0.730. The standard InChI is InChI=1S/C21H29N5O3/c1-22-19-12-15(23-21(24-19)16-8-7-11-25(16)2)13-26(3)20(27)14-29-18-10-6-5-9-17(18)28-4/h5-6,9-10,12,16H,7-8,11,13-14H2,1-4H3,(H,22,23,24)/t16-/m0/s1. The second-order valence-corrected chi connectivity index (χ2v) is 7.18. The Morgan fingerprint density at radius 1 is 1.31 bits per heavy atom. The van der Waals surface area contributed by atoms with Crippen LogP contribution in [0.25, 0.3) is 0 Å². The van der Waals surface area contributed by atoms with Gasteiger partial charge >= 0.3 is 0 Å². The van der Waals surface area contributed by atoms with Crippen LogP contribution in [0.1, 0.15) is 30.4 Å². The Bertz CT molecular complexity index is 845. The number of hydrogen-bond donors (Lipinski definition) is 1. The molecule has 1 aliphatic rings. The molecule has 1 amide bonds. The van der Waals surface area contributed by atoms with Crippen LogP contribution in [0.15, 0.2) is 30.3 Å². The lowest BCUT2D eigenvalue weighted by Gasteiger charge is -2.21. The lowest BCUT2D eigenvalue weighted by atomic mass is 10.2. The molecule has 0 aliphatic carbocycles. The van der Waals surface area contributed by atoms with Gasteiger partial charge in [0, 0.05) is 20.2 Å². The third kappa shape index (κ3) is 5.14. The highest BCUT2D eigenvalue weighted by Gasteiger charge is 2.26. The Labute approximate surface area is 171 Å². The topological polar surface area (TPSA) is 79.8 Å². The van der Waals surface area contributed by atoms with E-state index in [4.69, 9.17) is 14.5 Å². The molecule has 0 unspecified atom stereocenters. The molecule has 0 spiro atoms. The van der Waals surface area contributed by atoms with Gasteiger partial charge < -0.3 is 19.7 Å². The van der Waals surface area contributed by atoms with Gasteiger partial charge in [0.1, 0.15) is 11.6 Å². The minimum Gasteiger partial charge on any atom is -0.493 e. The Morgan fingerprint density at radius 2 is 2.07 bits per heavy atom. The van der Waals surface area contributed by atoms with E-state index >= 15 is 0 Å². The number of carbonyl (C=O) groups excluding carboxylic acids is 1. The van der Waals surface area contributed by atoms with Gasteiger partial charge in [-0.05, 0) is 38.6 Å². The third-order valence-corrected chi connectivity index (χ3v) is 5.12. The maximum Gasteiger partial charge on any atom is 0.260 e. The number of anilines is 1. The van der Waals surface area contributed by atoms with E-state index in [1.807, 2.05) is 25.2 Å². The first kappa shape index (κ1) is 20.9. The normalized spacial score (nSPS) is 16.5. The number of carbonyl (C=O) groups is 1. The summed E-state index contributed by atoms with van der Waals surface area (Å²) >= 11 is 0. The molecule has 8 heteroatoms. The van der Waals surface area contributed by atoms with Gasteiger partial charge in [0.15, 0.2) is 18.1 Å². The van der Waals surface area contributed by atoms with Crippen molar-refractivity contribution in [2.45, 2.75) is 25.4 Å². The summed E-state index contributed by atoms with van der Waals surface area (Å²) in [4.78, 5) is 25.8. The minimum absolute atomic E-state index is 0.0704. The SMILES string of the molecule is CNc1cc(CN(C)C(=O)COc2ccccc2OC)nc([C@@H]2CCCN2C)n1. The van der Waals surface area contributed by atoms with E-state index in [1.165, 1.54) is 0 Å². The first-order valence-corrected chi connectivity index (χ1v) is 9.77. The maximum atomic E-state index is 12.6. The minimum atomic E-state index is -0.139. The summed E-state index contributed by atoms with van der Waals surface area (Å²) in [5.41, 5.74) is 0.799. The van der Waals surface area contributed by atoms with Gasteiger partial charge in [-0.3, -0.25) is 9.69 Å². The average molecular weight is 399 g/mol. The number of nitrogens with zero attached hydrogens (tertiary/aromatic N) is 4. The Balaban J connectivity index is 1.66. The first-order valence-electron chi connectivity index (χ1n) is 9.77. The summed E-state index contributed by atoms with van der Waals surface area (Å²) in [7, 11) is 7.25. The average Bonchev–Trinajstić information content (AvgIpc) is 3.17. The largest absolute Gasteiger partial charge is 0.493 e. The van der Waals surface area contributed by atoms with Gasteiger partial charge in [0.2, 0.25) is 0 Å². The molecule has 1 aromatic heterocycles. The third-order valence-electron chi connectivity index (χ3n) is 5.12. The van der Waals surface area contributed by atoms with Gasteiger partial charge in [-0.15, -0.1) is 0 Å². The predicted octanol–water partition coefficient (Wildman–Crippen LogP) is 2.33. The molecule has 2 aromatic rings. The zero-order valence-corrected chi connectivity index (χ0v) is 17.5. The molecule has 1 N–H and O–H groups in total. The zero-order chi connectivity index (χ0) is 20.8. The first-order chi connectivity index (χ1) is 14.0. The van der Waals surface area contributed by atoms with Gasteiger partial charge in [0.05, 0.1) is 25.4 Å². The van der Waals surface area contributed by atoms with Crippen molar-refractivity contribution >= 4 is 11.7 Å². The fourth-order valence-electron chi connectivity index (χ4n) is 3.43. The lowest BCUT2D eigenvalue weighted by Crippen LogP contribution is -2.31. The van der Waals surface area contributed by atoms with Crippen molar-refractivity contribution in [1.82, 2.24) is 19.8 Å². The molecule has 29 heavy (non-hydrogen) atoms. The number of aromatic nitrogens is 2. The summed E-state index contributed by atoms with van der Waals surface area (Å²) in [5, 5.41) is 3.10. The Kier molecular flexibility index (Phi) is 6.87. The predicted molar refractivity (Wildman–Crippen MR) is 111 cm³/mol. The number of benzene rings is 1. The van der Waals surface area contributed by atoms with Crippen LogP contribution in [0.5, 0.6) is 11.5 Å². The summed E-state index contributed by atoms with van der Waals surface area (Å²) in [6.45, 7) is 1.36. The molecule has 1 saturated heterocycles. The van der Waals surface area contributed by atoms with E-state index in [2.05, 4.69) is 22.2 Å². The van der Waals surface area contributed by atoms with Crippen molar-refractivity contribution in [1.29, 1.82) is 0 Å². The van der Waals surface area contributed by atoms with Crippen LogP contribution in [0.3, 0.4) is 0 Å². The fourth-order valence-corrected chi connectivity index (χ4v) is 3.43. The maximum absolute atomic E-state index is 12.6. The van der Waals surface area contributed by atoms with E-state index in [1.54, 1.807) is 31.2 Å². The molecule has 0 saturated carbocycles. The van der Waals surface area contributed by atoms with Crippen molar-refractivity contribution in [2.75, 3.05) is 46.7 Å². The molecule has 2 heterocycles. The van der Waals surface area contributed by atoms with E-state index in [0.29, 0.717) is 18.0 Å². The van der Waals surface area contributed by atoms with Crippen LogP contribution < -0.4 is 14.8 Å². The molecule has 1 fully saturated rings. The van der Waals surface area contributed by atoms with E-state index in [-0.39, 0.29) is 18.6 Å². The van der Waals surface area contributed by atoms with E-state index in [9.17, 15) is 4.79 Å². The summed E-state index contributed by atoms with van der Waals surface area (Å²) in [5.74, 6) is 2.57. The second-order valence-electron chi connectivity index (χ2n) is 7.18. The van der Waals surface area contributed by atoms with Crippen molar-refractivity contribution < 1.29 is 14.3 Å². The van der Waals surface area contributed by atoms with Crippen molar-refractivity contribution in [3.63, 3.8) is 0 Å².